The number of aromatic nitrogens is 1. The highest BCUT2D eigenvalue weighted by Gasteiger charge is 2.19. The van der Waals surface area contributed by atoms with E-state index in [0.717, 1.165) is 12.8 Å². The summed E-state index contributed by atoms with van der Waals surface area (Å²) in [6.45, 7) is 5.69. The summed E-state index contributed by atoms with van der Waals surface area (Å²) < 4.78 is 32.4. The minimum Gasteiger partial charge on any atom is -0.337 e. The van der Waals surface area contributed by atoms with E-state index in [1.807, 2.05) is 0 Å². The second-order valence-corrected chi connectivity index (χ2v) is 9.66. The first-order chi connectivity index (χ1) is 14.8. The number of sulfonamides is 1. The van der Waals surface area contributed by atoms with Gasteiger partial charge in [0.05, 0.1) is 10.6 Å². The summed E-state index contributed by atoms with van der Waals surface area (Å²) >= 11 is 0. The molecule has 8 heteroatoms. The summed E-state index contributed by atoms with van der Waals surface area (Å²) in [7, 11) is -3.79. The first-order valence-electron chi connectivity index (χ1n) is 11.2. The van der Waals surface area contributed by atoms with Crippen molar-refractivity contribution >= 4 is 27.5 Å². The summed E-state index contributed by atoms with van der Waals surface area (Å²) in [6.07, 6.45) is 11.3. The van der Waals surface area contributed by atoms with E-state index >= 15 is 0 Å². The molecule has 0 saturated carbocycles. The number of rotatable bonds is 14. The second-order valence-electron chi connectivity index (χ2n) is 7.98. The summed E-state index contributed by atoms with van der Waals surface area (Å²) in [5, 5.41) is 6.57. The first-order valence-corrected chi connectivity index (χ1v) is 12.7. The molecule has 0 atom stereocenters. The van der Waals surface area contributed by atoms with Crippen molar-refractivity contribution in [3.05, 3.63) is 35.5 Å². The molecule has 0 aliphatic carbocycles. The highest BCUT2D eigenvalue weighted by atomic mass is 32.2. The van der Waals surface area contributed by atoms with Gasteiger partial charge in [0.25, 0.3) is 10.0 Å². The van der Waals surface area contributed by atoms with Crippen LogP contribution in [0.2, 0.25) is 0 Å². The van der Waals surface area contributed by atoms with Gasteiger partial charge in [-0.25, -0.2) is 13.1 Å². The standard InChI is InChI=1S/C23H35N3O4S/c1-4-5-6-7-8-9-10-11-12-13-22(27)24-20-14-16-21(17-15-20)31(28,29)26-23-18(2)19(3)25-30-23/h14-17,26H,4-13H2,1-3H3,(H,24,27). The van der Waals surface area contributed by atoms with E-state index in [1.165, 1.54) is 57.1 Å². The molecule has 0 radical (unpaired) electrons. The van der Waals surface area contributed by atoms with Gasteiger partial charge in [-0.3, -0.25) is 4.79 Å². The van der Waals surface area contributed by atoms with Crippen molar-refractivity contribution in [2.75, 3.05) is 10.0 Å². The van der Waals surface area contributed by atoms with Crippen molar-refractivity contribution in [1.82, 2.24) is 5.16 Å². The lowest BCUT2D eigenvalue weighted by Crippen LogP contribution is -2.14. The fourth-order valence-electron chi connectivity index (χ4n) is 3.23. The maximum atomic E-state index is 12.5. The molecule has 1 heterocycles. The largest absolute Gasteiger partial charge is 0.337 e. The highest BCUT2D eigenvalue weighted by molar-refractivity contribution is 7.92. The Hall–Kier alpha value is -2.35. The Morgan fingerprint density at radius 2 is 1.52 bits per heavy atom. The van der Waals surface area contributed by atoms with Gasteiger partial charge in [0.1, 0.15) is 0 Å². The number of carbonyl (C=O) groups is 1. The number of hydrogen-bond donors (Lipinski definition) is 2. The van der Waals surface area contributed by atoms with Crippen LogP contribution < -0.4 is 10.0 Å². The van der Waals surface area contributed by atoms with Crippen LogP contribution in [-0.4, -0.2) is 19.5 Å². The van der Waals surface area contributed by atoms with Gasteiger partial charge in [-0.15, -0.1) is 0 Å². The van der Waals surface area contributed by atoms with Crippen LogP contribution in [0.15, 0.2) is 33.7 Å². The molecule has 2 aromatic rings. The van der Waals surface area contributed by atoms with Crippen molar-refractivity contribution in [1.29, 1.82) is 0 Å². The molecular formula is C23H35N3O4S. The van der Waals surface area contributed by atoms with Crippen LogP contribution >= 0.6 is 0 Å². The van der Waals surface area contributed by atoms with Gasteiger partial charge < -0.3 is 9.84 Å². The van der Waals surface area contributed by atoms with Crippen molar-refractivity contribution in [3.63, 3.8) is 0 Å². The molecule has 2 rings (SSSR count). The van der Waals surface area contributed by atoms with Crippen LogP contribution in [0.1, 0.15) is 82.4 Å². The average Bonchev–Trinajstić information content (AvgIpc) is 3.04. The molecule has 0 aliphatic heterocycles. The van der Waals surface area contributed by atoms with Crippen LogP contribution in [0, 0.1) is 13.8 Å². The van der Waals surface area contributed by atoms with E-state index < -0.39 is 10.0 Å². The molecule has 0 bridgehead atoms. The second kappa shape index (κ2) is 12.5. The maximum Gasteiger partial charge on any atom is 0.264 e. The molecule has 0 aliphatic rings. The van der Waals surface area contributed by atoms with E-state index in [9.17, 15) is 13.2 Å². The summed E-state index contributed by atoms with van der Waals surface area (Å²) in [4.78, 5) is 12.2. The number of amides is 1. The zero-order valence-electron chi connectivity index (χ0n) is 18.9. The monoisotopic (exact) mass is 449 g/mol. The highest BCUT2D eigenvalue weighted by Crippen LogP contribution is 2.22. The number of unbranched alkanes of at least 4 members (excludes halogenated alkanes) is 8. The van der Waals surface area contributed by atoms with E-state index in [4.69, 9.17) is 4.52 Å². The normalized spacial score (nSPS) is 11.5. The van der Waals surface area contributed by atoms with E-state index in [-0.39, 0.29) is 16.7 Å². The van der Waals surface area contributed by atoms with Crippen molar-refractivity contribution in [3.8, 4) is 0 Å². The quantitative estimate of drug-likeness (QED) is 0.347. The number of nitrogens with one attached hydrogen (secondary N) is 2. The Kier molecular flexibility index (Phi) is 10.0. The molecule has 2 N–H and O–H groups in total. The van der Waals surface area contributed by atoms with Crippen LogP contribution in [-0.2, 0) is 14.8 Å². The molecule has 7 nitrogen and oxygen atoms in total. The van der Waals surface area contributed by atoms with Crippen molar-refractivity contribution in [2.45, 2.75) is 89.9 Å². The van der Waals surface area contributed by atoms with Crippen molar-refractivity contribution in [2.24, 2.45) is 0 Å². The number of carbonyl (C=O) groups excluding carboxylic acids is 1. The fraction of sp³-hybridized carbons (Fsp3) is 0.565. The smallest absolute Gasteiger partial charge is 0.264 e. The predicted octanol–water partition coefficient (Wildman–Crippen LogP) is 5.95. The zero-order valence-corrected chi connectivity index (χ0v) is 19.7. The van der Waals surface area contributed by atoms with E-state index in [1.54, 1.807) is 26.0 Å². The number of nitrogens with zero attached hydrogens (tertiary/aromatic N) is 1. The third kappa shape index (κ3) is 8.36. The zero-order chi connectivity index (χ0) is 22.7. The number of hydrogen-bond acceptors (Lipinski definition) is 5. The molecule has 1 amide bonds. The maximum absolute atomic E-state index is 12.5. The van der Waals surface area contributed by atoms with Gasteiger partial charge in [0.2, 0.25) is 11.8 Å². The van der Waals surface area contributed by atoms with Gasteiger partial charge >= 0.3 is 0 Å². The Morgan fingerprint density at radius 3 is 2.06 bits per heavy atom. The topological polar surface area (TPSA) is 101 Å². The molecule has 172 valence electrons. The third-order valence-electron chi connectivity index (χ3n) is 5.34. The van der Waals surface area contributed by atoms with Gasteiger partial charge in [-0.1, -0.05) is 63.4 Å². The number of anilines is 2. The van der Waals surface area contributed by atoms with Crippen molar-refractivity contribution < 1.29 is 17.7 Å². The predicted molar refractivity (Wildman–Crippen MR) is 124 cm³/mol. The van der Waals surface area contributed by atoms with E-state index in [2.05, 4.69) is 22.1 Å². The molecule has 0 spiro atoms. The first kappa shape index (κ1) is 24.9. The SMILES string of the molecule is CCCCCCCCCCCC(=O)Nc1ccc(S(=O)(=O)Nc2onc(C)c2C)cc1. The van der Waals surface area contributed by atoms with Gasteiger partial charge in [0.15, 0.2) is 0 Å². The fourth-order valence-corrected chi connectivity index (χ4v) is 4.28. The van der Waals surface area contributed by atoms with Gasteiger partial charge in [0, 0.05) is 17.7 Å². The molecular weight excluding hydrogens is 414 g/mol. The molecule has 0 fully saturated rings. The Bertz CT molecular complexity index is 921. The molecule has 1 aromatic carbocycles. The van der Waals surface area contributed by atoms with E-state index in [0.29, 0.717) is 23.4 Å². The number of aryl methyl sites for hydroxylation is 1. The average molecular weight is 450 g/mol. The molecule has 31 heavy (non-hydrogen) atoms. The Morgan fingerprint density at radius 1 is 0.935 bits per heavy atom. The summed E-state index contributed by atoms with van der Waals surface area (Å²) in [6, 6.07) is 6.08. The number of benzene rings is 1. The molecule has 1 aromatic heterocycles. The molecule has 0 saturated heterocycles. The lowest BCUT2D eigenvalue weighted by molar-refractivity contribution is -0.116. The Balaban J connectivity index is 1.72. The van der Waals surface area contributed by atoms with Crippen LogP contribution in [0.5, 0.6) is 0 Å². The minimum atomic E-state index is -3.79. The van der Waals surface area contributed by atoms with Crippen LogP contribution in [0.4, 0.5) is 11.6 Å². The Labute approximate surface area is 186 Å². The van der Waals surface area contributed by atoms with Crippen LogP contribution in [0.3, 0.4) is 0 Å². The van der Waals surface area contributed by atoms with Crippen LogP contribution in [0.25, 0.3) is 0 Å². The lowest BCUT2D eigenvalue weighted by atomic mass is 10.1. The lowest BCUT2D eigenvalue weighted by Gasteiger charge is -2.08. The van der Waals surface area contributed by atoms with Gasteiger partial charge in [-0.05, 0) is 44.5 Å². The molecule has 0 unspecified atom stereocenters. The third-order valence-corrected chi connectivity index (χ3v) is 6.69. The summed E-state index contributed by atoms with van der Waals surface area (Å²) in [5.41, 5.74) is 1.85. The van der Waals surface area contributed by atoms with Gasteiger partial charge in [-0.2, -0.15) is 0 Å². The summed E-state index contributed by atoms with van der Waals surface area (Å²) in [5.74, 6) is 0.0558. The minimum absolute atomic E-state index is 0.0514.